The molecule has 4 nitrogen and oxygen atoms in total. The number of likely N-dealkylation sites (tertiary alicyclic amines) is 1. The highest BCUT2D eigenvalue weighted by Gasteiger charge is 2.21. The third-order valence-corrected chi connectivity index (χ3v) is 3.44. The van der Waals surface area contributed by atoms with Crippen molar-refractivity contribution in [1.82, 2.24) is 14.5 Å². The van der Waals surface area contributed by atoms with Crippen LogP contribution in [0, 0.1) is 0 Å². The summed E-state index contributed by atoms with van der Waals surface area (Å²) in [4.78, 5) is 18.2. The Hall–Kier alpha value is -1.32. The van der Waals surface area contributed by atoms with Gasteiger partial charge in [-0.05, 0) is 19.3 Å². The van der Waals surface area contributed by atoms with Gasteiger partial charge in [0, 0.05) is 37.9 Å². The van der Waals surface area contributed by atoms with E-state index >= 15 is 0 Å². The predicted octanol–water partition coefficient (Wildman–Crippen LogP) is 2.24. The van der Waals surface area contributed by atoms with E-state index in [0.717, 1.165) is 38.8 Å². The fourth-order valence-electron chi connectivity index (χ4n) is 2.47. The minimum absolute atomic E-state index is 0.274. The van der Waals surface area contributed by atoms with Crippen LogP contribution in [-0.4, -0.2) is 33.4 Å². The second-order valence-corrected chi connectivity index (χ2v) is 4.74. The Kier molecular flexibility index (Phi) is 4.18. The van der Waals surface area contributed by atoms with Gasteiger partial charge in [-0.15, -0.1) is 0 Å². The average molecular weight is 235 g/mol. The van der Waals surface area contributed by atoms with E-state index in [1.807, 2.05) is 17.4 Å². The number of rotatable bonds is 5. The van der Waals surface area contributed by atoms with Crippen molar-refractivity contribution < 1.29 is 4.79 Å². The Labute approximate surface area is 103 Å². The van der Waals surface area contributed by atoms with Gasteiger partial charge in [0.25, 0.3) is 0 Å². The lowest BCUT2D eigenvalue weighted by Crippen LogP contribution is -2.29. The van der Waals surface area contributed by atoms with Crippen LogP contribution in [0.1, 0.15) is 45.1 Å². The normalized spacial score (nSPS) is 17.4. The molecule has 0 saturated carbocycles. The Morgan fingerprint density at radius 3 is 2.76 bits per heavy atom. The molecule has 1 aromatic heterocycles. The van der Waals surface area contributed by atoms with Gasteiger partial charge in [-0.2, -0.15) is 0 Å². The molecule has 1 fully saturated rings. The first-order valence-electron chi connectivity index (χ1n) is 6.56. The van der Waals surface area contributed by atoms with Gasteiger partial charge in [-0.25, -0.2) is 4.98 Å². The minimum atomic E-state index is 0.274. The van der Waals surface area contributed by atoms with Gasteiger partial charge in [0.1, 0.15) is 0 Å². The van der Waals surface area contributed by atoms with E-state index in [9.17, 15) is 4.79 Å². The van der Waals surface area contributed by atoms with Crippen LogP contribution in [0.25, 0.3) is 0 Å². The lowest BCUT2D eigenvalue weighted by Gasteiger charge is -2.21. The standard InChI is InChI=1S/C13H21N3O/c1-2-5-12(16-9-6-14-11-16)10-13(17)15-7-3-4-8-15/h6,9,11-12H,2-5,7-8,10H2,1H3. The summed E-state index contributed by atoms with van der Waals surface area (Å²) in [6.07, 6.45) is 10.6. The molecule has 2 heterocycles. The zero-order chi connectivity index (χ0) is 12.1. The highest BCUT2D eigenvalue weighted by Crippen LogP contribution is 2.20. The number of aromatic nitrogens is 2. The molecule has 0 bridgehead atoms. The minimum Gasteiger partial charge on any atom is -0.343 e. The van der Waals surface area contributed by atoms with Crippen LogP contribution in [0.3, 0.4) is 0 Å². The summed E-state index contributed by atoms with van der Waals surface area (Å²) in [5.41, 5.74) is 0. The molecule has 2 rings (SSSR count). The summed E-state index contributed by atoms with van der Waals surface area (Å²) in [6, 6.07) is 0.274. The Balaban J connectivity index is 1.95. The smallest absolute Gasteiger partial charge is 0.224 e. The van der Waals surface area contributed by atoms with Crippen LogP contribution < -0.4 is 0 Å². The second kappa shape index (κ2) is 5.84. The Morgan fingerprint density at radius 1 is 1.41 bits per heavy atom. The number of carbonyl (C=O) groups is 1. The lowest BCUT2D eigenvalue weighted by molar-refractivity contribution is -0.131. The molecular weight excluding hydrogens is 214 g/mol. The topological polar surface area (TPSA) is 38.1 Å². The van der Waals surface area contributed by atoms with E-state index in [1.54, 1.807) is 6.20 Å². The van der Waals surface area contributed by atoms with E-state index in [0.29, 0.717) is 12.3 Å². The first-order valence-corrected chi connectivity index (χ1v) is 6.56. The van der Waals surface area contributed by atoms with Gasteiger partial charge in [-0.1, -0.05) is 13.3 Å². The number of amides is 1. The molecule has 1 atom stereocenters. The number of hydrogen-bond acceptors (Lipinski definition) is 2. The maximum absolute atomic E-state index is 12.1. The Morgan fingerprint density at radius 2 is 2.18 bits per heavy atom. The van der Waals surface area contributed by atoms with Gasteiger partial charge >= 0.3 is 0 Å². The van der Waals surface area contributed by atoms with Gasteiger partial charge in [-0.3, -0.25) is 4.79 Å². The zero-order valence-corrected chi connectivity index (χ0v) is 10.5. The summed E-state index contributed by atoms with van der Waals surface area (Å²) < 4.78 is 2.07. The molecule has 1 aromatic rings. The lowest BCUT2D eigenvalue weighted by atomic mass is 10.1. The quantitative estimate of drug-likeness (QED) is 0.785. The van der Waals surface area contributed by atoms with Crippen LogP contribution in [0.5, 0.6) is 0 Å². The van der Waals surface area contributed by atoms with Crippen molar-refractivity contribution in [2.75, 3.05) is 13.1 Å². The molecule has 1 amide bonds. The van der Waals surface area contributed by atoms with E-state index in [2.05, 4.69) is 16.5 Å². The molecule has 17 heavy (non-hydrogen) atoms. The maximum Gasteiger partial charge on any atom is 0.224 e. The summed E-state index contributed by atoms with van der Waals surface area (Å²) in [7, 11) is 0. The van der Waals surface area contributed by atoms with E-state index in [-0.39, 0.29) is 6.04 Å². The van der Waals surface area contributed by atoms with E-state index in [1.165, 1.54) is 0 Å². The largest absolute Gasteiger partial charge is 0.343 e. The number of imidazole rings is 1. The molecule has 4 heteroatoms. The predicted molar refractivity (Wildman–Crippen MR) is 66.6 cm³/mol. The number of carbonyl (C=O) groups excluding carboxylic acids is 1. The third-order valence-electron chi connectivity index (χ3n) is 3.44. The summed E-state index contributed by atoms with van der Waals surface area (Å²) in [5.74, 6) is 0.301. The first-order chi connectivity index (χ1) is 8.31. The van der Waals surface area contributed by atoms with Crippen LogP contribution in [-0.2, 0) is 4.79 Å². The van der Waals surface area contributed by atoms with Crippen molar-refractivity contribution in [2.24, 2.45) is 0 Å². The maximum atomic E-state index is 12.1. The summed E-state index contributed by atoms with van der Waals surface area (Å²) in [6.45, 7) is 4.05. The molecule has 0 aliphatic carbocycles. The van der Waals surface area contributed by atoms with Crippen molar-refractivity contribution in [1.29, 1.82) is 0 Å². The molecule has 94 valence electrons. The monoisotopic (exact) mass is 235 g/mol. The third kappa shape index (κ3) is 3.08. The molecular formula is C13H21N3O. The molecule has 0 aromatic carbocycles. The molecule has 1 unspecified atom stereocenters. The first kappa shape index (κ1) is 12.1. The van der Waals surface area contributed by atoms with Crippen molar-refractivity contribution in [3.63, 3.8) is 0 Å². The van der Waals surface area contributed by atoms with Gasteiger partial charge in [0.15, 0.2) is 0 Å². The van der Waals surface area contributed by atoms with Gasteiger partial charge in [0.05, 0.1) is 6.33 Å². The molecule has 1 aliphatic rings. The van der Waals surface area contributed by atoms with E-state index < -0.39 is 0 Å². The van der Waals surface area contributed by atoms with Crippen molar-refractivity contribution >= 4 is 5.91 Å². The van der Waals surface area contributed by atoms with Crippen LogP contribution in [0.2, 0.25) is 0 Å². The summed E-state index contributed by atoms with van der Waals surface area (Å²) >= 11 is 0. The molecule has 0 N–H and O–H groups in total. The van der Waals surface area contributed by atoms with Crippen molar-refractivity contribution in [3.8, 4) is 0 Å². The molecule has 1 aliphatic heterocycles. The average Bonchev–Trinajstić information content (AvgIpc) is 3.01. The number of nitrogens with zero attached hydrogens (tertiary/aromatic N) is 3. The molecule has 0 radical (unpaired) electrons. The molecule has 1 saturated heterocycles. The van der Waals surface area contributed by atoms with Crippen LogP contribution in [0.15, 0.2) is 18.7 Å². The highest BCUT2D eigenvalue weighted by atomic mass is 16.2. The fourth-order valence-corrected chi connectivity index (χ4v) is 2.47. The van der Waals surface area contributed by atoms with E-state index in [4.69, 9.17) is 0 Å². The SMILES string of the molecule is CCCC(CC(=O)N1CCCC1)n1ccnc1. The fraction of sp³-hybridized carbons (Fsp3) is 0.692. The van der Waals surface area contributed by atoms with Gasteiger partial charge < -0.3 is 9.47 Å². The second-order valence-electron chi connectivity index (χ2n) is 4.74. The Bertz CT molecular complexity index is 342. The number of hydrogen-bond donors (Lipinski definition) is 0. The van der Waals surface area contributed by atoms with Crippen LogP contribution in [0.4, 0.5) is 0 Å². The zero-order valence-electron chi connectivity index (χ0n) is 10.5. The summed E-state index contributed by atoms with van der Waals surface area (Å²) in [5, 5.41) is 0. The van der Waals surface area contributed by atoms with Crippen molar-refractivity contribution in [2.45, 2.75) is 45.1 Å². The molecule has 0 spiro atoms. The highest BCUT2D eigenvalue weighted by molar-refractivity contribution is 5.76. The van der Waals surface area contributed by atoms with Crippen molar-refractivity contribution in [3.05, 3.63) is 18.7 Å². The van der Waals surface area contributed by atoms with Crippen LogP contribution >= 0.6 is 0 Å². The van der Waals surface area contributed by atoms with Gasteiger partial charge in [0.2, 0.25) is 5.91 Å².